The molecule has 142 valence electrons. The Morgan fingerprint density at radius 1 is 1.37 bits per heavy atom. The van der Waals surface area contributed by atoms with E-state index in [0.717, 1.165) is 12.8 Å². The number of hydrogen-bond donors (Lipinski definition) is 0. The average Bonchev–Trinajstić information content (AvgIpc) is 3.16. The molecule has 1 aromatic heterocycles. The standard InChI is InChI=1S/C18H21ClN6OS/c19-14-6-4-9-16(12-14)24(11-5-10-20)17(26)13-27-18-21-22-23-25(18)15-7-2-1-3-8-15/h4,6,9,12,15H,1-3,5,7-8,11,13H2. The Morgan fingerprint density at radius 3 is 2.93 bits per heavy atom. The molecule has 0 atom stereocenters. The van der Waals surface area contributed by atoms with Crippen LogP contribution in [0.25, 0.3) is 0 Å². The maximum atomic E-state index is 12.8. The molecule has 1 aliphatic carbocycles. The molecular formula is C18H21ClN6OS. The van der Waals surface area contributed by atoms with Gasteiger partial charge in [-0.15, -0.1) is 5.10 Å². The molecule has 27 heavy (non-hydrogen) atoms. The van der Waals surface area contributed by atoms with Gasteiger partial charge in [-0.3, -0.25) is 4.79 Å². The highest BCUT2D eigenvalue weighted by atomic mass is 35.5. The van der Waals surface area contributed by atoms with Crippen LogP contribution in [0.5, 0.6) is 0 Å². The fourth-order valence-corrected chi connectivity index (χ4v) is 4.25. The Bertz CT molecular complexity index is 814. The van der Waals surface area contributed by atoms with Crippen molar-refractivity contribution in [2.45, 2.75) is 49.7 Å². The molecule has 0 saturated heterocycles. The van der Waals surface area contributed by atoms with Gasteiger partial charge < -0.3 is 4.90 Å². The average molecular weight is 405 g/mol. The zero-order chi connectivity index (χ0) is 19.1. The van der Waals surface area contributed by atoms with Gasteiger partial charge in [-0.2, -0.15) is 5.26 Å². The molecule has 1 aliphatic rings. The van der Waals surface area contributed by atoms with Crippen molar-refractivity contribution in [2.24, 2.45) is 0 Å². The van der Waals surface area contributed by atoms with E-state index in [1.807, 2.05) is 10.7 Å². The second-order valence-electron chi connectivity index (χ2n) is 6.42. The number of carbonyl (C=O) groups is 1. The number of aromatic nitrogens is 4. The number of tetrazole rings is 1. The van der Waals surface area contributed by atoms with Crippen molar-refractivity contribution in [2.75, 3.05) is 17.2 Å². The zero-order valence-corrected chi connectivity index (χ0v) is 16.5. The summed E-state index contributed by atoms with van der Waals surface area (Å²) in [6.45, 7) is 0.323. The summed E-state index contributed by atoms with van der Waals surface area (Å²) in [5.41, 5.74) is 0.690. The van der Waals surface area contributed by atoms with E-state index in [-0.39, 0.29) is 18.1 Å². The molecule has 0 N–H and O–H groups in total. The minimum atomic E-state index is -0.101. The highest BCUT2D eigenvalue weighted by molar-refractivity contribution is 7.99. The molecule has 0 radical (unpaired) electrons. The quantitative estimate of drug-likeness (QED) is 0.651. The Morgan fingerprint density at radius 2 is 2.19 bits per heavy atom. The van der Waals surface area contributed by atoms with Gasteiger partial charge in [0.05, 0.1) is 24.3 Å². The van der Waals surface area contributed by atoms with Crippen LogP contribution < -0.4 is 4.90 Å². The molecule has 1 heterocycles. The van der Waals surface area contributed by atoms with Crippen molar-refractivity contribution in [1.29, 1.82) is 5.26 Å². The van der Waals surface area contributed by atoms with E-state index in [0.29, 0.717) is 28.5 Å². The number of nitrogens with zero attached hydrogens (tertiary/aromatic N) is 6. The van der Waals surface area contributed by atoms with Gasteiger partial charge in [0, 0.05) is 17.3 Å². The number of thioether (sulfide) groups is 1. The first-order chi connectivity index (χ1) is 13.2. The Hall–Kier alpha value is -2.11. The van der Waals surface area contributed by atoms with Gasteiger partial charge in [-0.05, 0) is 41.5 Å². The molecule has 1 amide bonds. The first kappa shape index (κ1) is 19.6. The van der Waals surface area contributed by atoms with E-state index in [2.05, 4.69) is 21.6 Å². The summed E-state index contributed by atoms with van der Waals surface area (Å²) in [5, 5.41) is 22.2. The smallest absolute Gasteiger partial charge is 0.237 e. The zero-order valence-electron chi connectivity index (χ0n) is 14.9. The topological polar surface area (TPSA) is 87.7 Å². The summed E-state index contributed by atoms with van der Waals surface area (Å²) < 4.78 is 1.86. The molecule has 0 aliphatic heterocycles. The van der Waals surface area contributed by atoms with Crippen molar-refractivity contribution in [3.8, 4) is 6.07 Å². The predicted molar refractivity (Wildman–Crippen MR) is 105 cm³/mol. The third kappa shape index (κ3) is 5.21. The lowest BCUT2D eigenvalue weighted by Gasteiger charge is -2.23. The van der Waals surface area contributed by atoms with Gasteiger partial charge in [-0.25, -0.2) is 4.68 Å². The summed E-state index contributed by atoms with van der Waals surface area (Å²) >= 11 is 7.39. The SMILES string of the molecule is N#CCCN(C(=O)CSc1nnnn1C1CCCCC1)c1cccc(Cl)c1. The number of benzene rings is 1. The maximum absolute atomic E-state index is 12.8. The lowest BCUT2D eigenvalue weighted by Crippen LogP contribution is -2.33. The van der Waals surface area contributed by atoms with Crippen LogP contribution in [0.4, 0.5) is 5.69 Å². The fraction of sp³-hybridized carbons (Fsp3) is 0.500. The molecule has 9 heteroatoms. The number of hydrogen-bond acceptors (Lipinski definition) is 6. The van der Waals surface area contributed by atoms with Gasteiger partial charge in [-0.1, -0.05) is 48.7 Å². The lowest BCUT2D eigenvalue weighted by atomic mass is 9.96. The number of anilines is 1. The molecule has 7 nitrogen and oxygen atoms in total. The van der Waals surface area contributed by atoms with E-state index in [1.54, 1.807) is 23.1 Å². The molecular weight excluding hydrogens is 384 g/mol. The van der Waals surface area contributed by atoms with Gasteiger partial charge in [0.1, 0.15) is 0 Å². The first-order valence-electron chi connectivity index (χ1n) is 9.02. The van der Waals surface area contributed by atoms with Gasteiger partial charge in [0.2, 0.25) is 11.1 Å². The number of amides is 1. The van der Waals surface area contributed by atoms with Crippen molar-refractivity contribution < 1.29 is 4.79 Å². The number of halogens is 1. The van der Waals surface area contributed by atoms with Crippen LogP contribution >= 0.6 is 23.4 Å². The van der Waals surface area contributed by atoms with Crippen LogP contribution in [0.15, 0.2) is 29.4 Å². The monoisotopic (exact) mass is 404 g/mol. The summed E-state index contributed by atoms with van der Waals surface area (Å²) in [5.74, 6) is 0.0982. The van der Waals surface area contributed by atoms with Crippen molar-refractivity contribution in [1.82, 2.24) is 20.2 Å². The van der Waals surface area contributed by atoms with Crippen LogP contribution in [0, 0.1) is 11.3 Å². The Balaban J connectivity index is 1.68. The summed E-state index contributed by atoms with van der Waals surface area (Å²) in [6, 6.07) is 9.50. The fourth-order valence-electron chi connectivity index (χ4n) is 3.24. The second kappa shape index (κ2) is 9.72. The number of carbonyl (C=O) groups excluding carboxylic acids is 1. The molecule has 2 aromatic rings. The predicted octanol–water partition coefficient (Wildman–Crippen LogP) is 3.87. The maximum Gasteiger partial charge on any atom is 0.237 e. The summed E-state index contributed by atoms with van der Waals surface area (Å²) in [7, 11) is 0. The van der Waals surface area contributed by atoms with Crippen molar-refractivity contribution >= 4 is 35.0 Å². The van der Waals surface area contributed by atoms with Gasteiger partial charge in [0.15, 0.2) is 0 Å². The largest absolute Gasteiger partial charge is 0.311 e. The number of rotatable bonds is 7. The molecule has 1 aromatic carbocycles. The molecule has 0 spiro atoms. The van der Waals surface area contributed by atoms with Crippen LogP contribution in [0.2, 0.25) is 5.02 Å². The molecule has 1 fully saturated rings. The van der Waals surface area contributed by atoms with Crippen molar-refractivity contribution in [3.63, 3.8) is 0 Å². The third-order valence-electron chi connectivity index (χ3n) is 4.58. The highest BCUT2D eigenvalue weighted by Gasteiger charge is 2.22. The highest BCUT2D eigenvalue weighted by Crippen LogP contribution is 2.30. The second-order valence-corrected chi connectivity index (χ2v) is 7.80. The normalized spacial score (nSPS) is 14.7. The Labute approximate surface area is 167 Å². The molecule has 0 bridgehead atoms. The van der Waals surface area contributed by atoms with Gasteiger partial charge in [0.25, 0.3) is 0 Å². The first-order valence-corrected chi connectivity index (χ1v) is 10.4. The minimum absolute atomic E-state index is 0.101. The number of nitriles is 1. The summed E-state index contributed by atoms with van der Waals surface area (Å²) in [6.07, 6.45) is 6.02. The van der Waals surface area contributed by atoms with Crippen LogP contribution in [-0.2, 0) is 4.79 Å². The Kier molecular flexibility index (Phi) is 7.07. The minimum Gasteiger partial charge on any atom is -0.311 e. The van der Waals surface area contributed by atoms with Crippen LogP contribution in [-0.4, -0.2) is 38.4 Å². The third-order valence-corrected chi connectivity index (χ3v) is 5.73. The van der Waals surface area contributed by atoms with E-state index < -0.39 is 0 Å². The molecule has 3 rings (SSSR count). The van der Waals surface area contributed by atoms with Crippen LogP contribution in [0.3, 0.4) is 0 Å². The van der Waals surface area contributed by atoms with E-state index in [9.17, 15) is 4.79 Å². The van der Waals surface area contributed by atoms with Crippen molar-refractivity contribution in [3.05, 3.63) is 29.3 Å². The molecule has 1 saturated carbocycles. The van der Waals surface area contributed by atoms with Crippen LogP contribution in [0.1, 0.15) is 44.6 Å². The van der Waals surface area contributed by atoms with E-state index in [4.69, 9.17) is 16.9 Å². The van der Waals surface area contributed by atoms with E-state index in [1.165, 1.54) is 31.0 Å². The van der Waals surface area contributed by atoms with E-state index >= 15 is 0 Å². The van der Waals surface area contributed by atoms with Gasteiger partial charge >= 0.3 is 0 Å². The lowest BCUT2D eigenvalue weighted by molar-refractivity contribution is -0.116. The molecule has 0 unspecified atom stereocenters. The summed E-state index contributed by atoms with van der Waals surface area (Å²) in [4.78, 5) is 14.4.